The molecular weight excluding hydrogens is 216 g/mol. The van der Waals surface area contributed by atoms with Crippen LogP contribution in [-0.2, 0) is 10.3 Å². The topological polar surface area (TPSA) is 46.5 Å². The summed E-state index contributed by atoms with van der Waals surface area (Å²) in [6.07, 6.45) is 1.31. The van der Waals surface area contributed by atoms with E-state index in [2.05, 4.69) is 0 Å². The molecule has 0 amide bonds. The average Bonchev–Trinajstić information content (AvgIpc) is 2.38. The molecule has 0 aliphatic carbocycles. The fraction of sp³-hybridized carbons (Fsp3) is 0.500. The number of benzene rings is 1. The van der Waals surface area contributed by atoms with E-state index in [-0.39, 0.29) is 5.97 Å². The van der Waals surface area contributed by atoms with Crippen LogP contribution in [0.4, 0.5) is 0 Å². The van der Waals surface area contributed by atoms with Crippen molar-refractivity contribution in [3.8, 4) is 0 Å². The lowest BCUT2D eigenvalue weighted by Crippen LogP contribution is -2.23. The Kier molecular flexibility index (Phi) is 4.70. The molecule has 0 saturated heterocycles. The number of esters is 1. The van der Waals surface area contributed by atoms with Gasteiger partial charge in [0.05, 0.1) is 17.8 Å². The van der Waals surface area contributed by atoms with Gasteiger partial charge in [0.2, 0.25) is 0 Å². The normalized spacial score (nSPS) is 11.3. The Bertz CT molecular complexity index is 364. The number of hydrogen-bond donors (Lipinski definition) is 1. The Hall–Kier alpha value is -1.35. The number of aliphatic hydroxyl groups is 1. The van der Waals surface area contributed by atoms with Gasteiger partial charge in [-0.25, -0.2) is 4.79 Å². The minimum absolute atomic E-state index is 0.324. The minimum Gasteiger partial charge on any atom is -0.462 e. The van der Waals surface area contributed by atoms with Crippen molar-refractivity contribution in [2.24, 2.45) is 0 Å². The molecule has 0 spiro atoms. The molecule has 0 fully saturated rings. The van der Waals surface area contributed by atoms with Crippen LogP contribution >= 0.6 is 0 Å². The highest BCUT2D eigenvalue weighted by molar-refractivity contribution is 5.89. The molecule has 1 aromatic carbocycles. The second-order valence-electron chi connectivity index (χ2n) is 4.04. The first kappa shape index (κ1) is 13.7. The highest BCUT2D eigenvalue weighted by Crippen LogP contribution is 2.28. The van der Waals surface area contributed by atoms with Gasteiger partial charge < -0.3 is 9.84 Å². The van der Waals surface area contributed by atoms with Crippen LogP contribution in [0.5, 0.6) is 0 Å². The molecule has 0 atom stereocenters. The summed E-state index contributed by atoms with van der Waals surface area (Å²) in [6, 6.07) is 6.98. The summed E-state index contributed by atoms with van der Waals surface area (Å²) in [5, 5.41) is 10.3. The van der Waals surface area contributed by atoms with Crippen molar-refractivity contribution in [1.29, 1.82) is 0 Å². The number of carbonyl (C=O) groups is 1. The van der Waals surface area contributed by atoms with E-state index >= 15 is 0 Å². The fourth-order valence-electron chi connectivity index (χ4n) is 1.79. The third kappa shape index (κ3) is 3.07. The highest BCUT2D eigenvalue weighted by Gasteiger charge is 2.24. The first-order valence-corrected chi connectivity index (χ1v) is 6.07. The van der Waals surface area contributed by atoms with E-state index in [1.807, 2.05) is 13.8 Å². The summed E-state index contributed by atoms with van der Waals surface area (Å²) in [4.78, 5) is 11.5. The average molecular weight is 236 g/mol. The molecule has 17 heavy (non-hydrogen) atoms. The van der Waals surface area contributed by atoms with E-state index in [1.54, 1.807) is 31.2 Å². The van der Waals surface area contributed by atoms with Gasteiger partial charge in [0, 0.05) is 0 Å². The predicted octanol–water partition coefficient (Wildman–Crippen LogP) is 2.87. The van der Waals surface area contributed by atoms with Gasteiger partial charge in [-0.15, -0.1) is 0 Å². The van der Waals surface area contributed by atoms with Gasteiger partial charge in [0.1, 0.15) is 0 Å². The van der Waals surface area contributed by atoms with Crippen molar-refractivity contribution >= 4 is 5.97 Å². The Morgan fingerprint density at radius 2 is 1.71 bits per heavy atom. The van der Waals surface area contributed by atoms with Gasteiger partial charge >= 0.3 is 5.97 Å². The van der Waals surface area contributed by atoms with Gasteiger partial charge in [-0.05, 0) is 37.5 Å². The second-order valence-corrected chi connectivity index (χ2v) is 4.04. The smallest absolute Gasteiger partial charge is 0.338 e. The van der Waals surface area contributed by atoms with Crippen molar-refractivity contribution in [1.82, 2.24) is 0 Å². The zero-order valence-electron chi connectivity index (χ0n) is 10.7. The maximum atomic E-state index is 11.5. The van der Waals surface area contributed by atoms with Gasteiger partial charge in [-0.1, -0.05) is 26.0 Å². The van der Waals surface area contributed by atoms with Crippen LogP contribution in [0.1, 0.15) is 49.5 Å². The Morgan fingerprint density at radius 3 is 2.12 bits per heavy atom. The van der Waals surface area contributed by atoms with Crippen molar-refractivity contribution in [3.05, 3.63) is 35.4 Å². The molecule has 1 rings (SSSR count). The summed E-state index contributed by atoms with van der Waals surface area (Å²) in [5.74, 6) is -0.324. The highest BCUT2D eigenvalue weighted by atomic mass is 16.5. The molecule has 1 N–H and O–H groups in total. The van der Waals surface area contributed by atoms with Gasteiger partial charge in [0.25, 0.3) is 0 Å². The Morgan fingerprint density at radius 1 is 1.18 bits per heavy atom. The van der Waals surface area contributed by atoms with Crippen LogP contribution in [-0.4, -0.2) is 17.7 Å². The third-order valence-corrected chi connectivity index (χ3v) is 3.10. The maximum absolute atomic E-state index is 11.5. The van der Waals surface area contributed by atoms with Crippen LogP contribution in [0.2, 0.25) is 0 Å². The molecule has 0 aromatic heterocycles. The largest absolute Gasteiger partial charge is 0.462 e. The lowest BCUT2D eigenvalue weighted by atomic mass is 9.88. The minimum atomic E-state index is -0.798. The van der Waals surface area contributed by atoms with Crippen LogP contribution < -0.4 is 0 Å². The summed E-state index contributed by atoms with van der Waals surface area (Å²) in [7, 11) is 0. The molecular formula is C14H20O3. The zero-order chi connectivity index (χ0) is 12.9. The van der Waals surface area contributed by atoms with E-state index < -0.39 is 5.60 Å². The number of carbonyl (C=O) groups excluding carboxylic acids is 1. The molecule has 3 nitrogen and oxygen atoms in total. The van der Waals surface area contributed by atoms with E-state index in [4.69, 9.17) is 4.74 Å². The standard InChI is InChI=1S/C14H20O3/c1-4-14(16,5-2)12-9-7-11(8-10-12)13(15)17-6-3/h7-10,16H,4-6H2,1-3H3. The number of rotatable bonds is 5. The molecule has 0 heterocycles. The SMILES string of the molecule is CCOC(=O)c1ccc(C(O)(CC)CC)cc1. The summed E-state index contributed by atoms with van der Waals surface area (Å²) in [5.41, 5.74) is 0.563. The first-order chi connectivity index (χ1) is 8.07. The van der Waals surface area contributed by atoms with Crippen LogP contribution in [0.25, 0.3) is 0 Å². The van der Waals surface area contributed by atoms with Crippen molar-refractivity contribution < 1.29 is 14.6 Å². The van der Waals surface area contributed by atoms with Crippen molar-refractivity contribution in [2.75, 3.05) is 6.61 Å². The van der Waals surface area contributed by atoms with E-state index in [1.165, 1.54) is 0 Å². The molecule has 94 valence electrons. The third-order valence-electron chi connectivity index (χ3n) is 3.10. The lowest BCUT2D eigenvalue weighted by Gasteiger charge is -2.25. The van der Waals surface area contributed by atoms with Crippen molar-refractivity contribution in [2.45, 2.75) is 39.2 Å². The molecule has 0 bridgehead atoms. The molecule has 0 saturated carbocycles. The van der Waals surface area contributed by atoms with Gasteiger partial charge in [-0.3, -0.25) is 0 Å². The van der Waals surface area contributed by atoms with Gasteiger partial charge in [-0.2, -0.15) is 0 Å². The van der Waals surface area contributed by atoms with E-state index in [0.29, 0.717) is 25.0 Å². The molecule has 3 heteroatoms. The molecule has 0 aliphatic rings. The van der Waals surface area contributed by atoms with E-state index in [0.717, 1.165) is 5.56 Å². The molecule has 0 unspecified atom stereocenters. The molecule has 1 aromatic rings. The molecule has 0 aliphatic heterocycles. The maximum Gasteiger partial charge on any atom is 0.338 e. The Labute approximate surface area is 102 Å². The zero-order valence-corrected chi connectivity index (χ0v) is 10.7. The fourth-order valence-corrected chi connectivity index (χ4v) is 1.79. The number of ether oxygens (including phenoxy) is 1. The van der Waals surface area contributed by atoms with Crippen LogP contribution in [0, 0.1) is 0 Å². The first-order valence-electron chi connectivity index (χ1n) is 6.07. The van der Waals surface area contributed by atoms with Crippen molar-refractivity contribution in [3.63, 3.8) is 0 Å². The molecule has 0 radical (unpaired) electrons. The van der Waals surface area contributed by atoms with Gasteiger partial charge in [0.15, 0.2) is 0 Å². The predicted molar refractivity (Wildman–Crippen MR) is 66.9 cm³/mol. The van der Waals surface area contributed by atoms with Crippen LogP contribution in [0.15, 0.2) is 24.3 Å². The number of hydrogen-bond acceptors (Lipinski definition) is 3. The second kappa shape index (κ2) is 5.82. The monoisotopic (exact) mass is 236 g/mol. The summed E-state index contributed by atoms with van der Waals surface area (Å²) >= 11 is 0. The Balaban J connectivity index is 2.91. The van der Waals surface area contributed by atoms with E-state index in [9.17, 15) is 9.90 Å². The lowest BCUT2D eigenvalue weighted by molar-refractivity contribution is 0.0282. The summed E-state index contributed by atoms with van der Waals surface area (Å²) < 4.78 is 4.90. The quantitative estimate of drug-likeness (QED) is 0.800. The van der Waals surface area contributed by atoms with Crippen LogP contribution in [0.3, 0.4) is 0 Å². The summed E-state index contributed by atoms with van der Waals surface area (Å²) in [6.45, 7) is 6.04.